The highest BCUT2D eigenvalue weighted by atomic mass is 31.2. The lowest BCUT2D eigenvalue weighted by atomic mass is 9.51. The SMILES string of the molecule is C=CCN[C@@H]1Cc2ccc(OP(=O)(COC)N[C@@H](C)C(=O)OCc3ccccc3)c3c2[C@@]2(CC)[C@@H](O3)C(=O)CC[C@@]12O. The number of hydrogen-bond donors (Lipinski definition) is 3. The monoisotopic (exact) mass is 598 g/mol. The lowest BCUT2D eigenvalue weighted by molar-refractivity contribution is -0.158. The van der Waals surface area contributed by atoms with Gasteiger partial charge in [0.2, 0.25) is 0 Å². The van der Waals surface area contributed by atoms with E-state index in [9.17, 15) is 19.3 Å². The number of ether oxygens (including phenoxy) is 3. The van der Waals surface area contributed by atoms with Gasteiger partial charge < -0.3 is 29.2 Å². The average molecular weight is 599 g/mol. The van der Waals surface area contributed by atoms with Crippen molar-refractivity contribution in [3.63, 3.8) is 0 Å². The number of rotatable bonds is 13. The summed E-state index contributed by atoms with van der Waals surface area (Å²) in [4.78, 5) is 26.0. The van der Waals surface area contributed by atoms with E-state index in [0.29, 0.717) is 31.6 Å². The summed E-state index contributed by atoms with van der Waals surface area (Å²) < 4.78 is 37.1. The normalized spacial score (nSPS) is 27.8. The van der Waals surface area contributed by atoms with Crippen LogP contribution in [0.4, 0.5) is 0 Å². The zero-order valence-corrected chi connectivity index (χ0v) is 25.2. The first kappa shape index (κ1) is 30.4. The number of carbonyl (C=O) groups excluding carboxylic acids is 2. The highest BCUT2D eigenvalue weighted by molar-refractivity contribution is 7.57. The van der Waals surface area contributed by atoms with Crippen molar-refractivity contribution in [3.05, 3.63) is 71.8 Å². The van der Waals surface area contributed by atoms with E-state index in [4.69, 9.17) is 18.7 Å². The van der Waals surface area contributed by atoms with E-state index in [0.717, 1.165) is 16.7 Å². The summed E-state index contributed by atoms with van der Waals surface area (Å²) in [5.74, 6) is -0.240. The van der Waals surface area contributed by atoms with Crippen LogP contribution in [0, 0.1) is 0 Å². The van der Waals surface area contributed by atoms with E-state index < -0.39 is 36.7 Å². The molecule has 0 radical (unpaired) electrons. The van der Waals surface area contributed by atoms with Gasteiger partial charge in [-0.25, -0.2) is 5.09 Å². The Kier molecular flexibility index (Phi) is 8.65. The third-order valence-electron chi connectivity index (χ3n) is 8.73. The Morgan fingerprint density at radius 1 is 1.29 bits per heavy atom. The van der Waals surface area contributed by atoms with Gasteiger partial charge in [0.15, 0.2) is 23.4 Å². The molecule has 0 aromatic heterocycles. The topological polar surface area (TPSA) is 132 Å². The minimum atomic E-state index is -3.85. The van der Waals surface area contributed by atoms with Gasteiger partial charge in [-0.3, -0.25) is 14.2 Å². The first-order valence-corrected chi connectivity index (χ1v) is 16.1. The quantitative estimate of drug-likeness (QED) is 0.178. The molecule has 1 saturated carbocycles. The van der Waals surface area contributed by atoms with Crippen LogP contribution in [0.5, 0.6) is 11.5 Å². The van der Waals surface area contributed by atoms with Crippen LogP contribution in [0.1, 0.15) is 49.8 Å². The molecule has 1 aliphatic heterocycles. The first-order valence-electron chi connectivity index (χ1n) is 14.3. The number of Topliss-reactive ketones (excluding diaryl/α,β-unsaturated/α-hetero) is 1. The Balaban J connectivity index is 1.45. The minimum Gasteiger partial charge on any atom is -0.477 e. The molecule has 1 fully saturated rings. The molecule has 3 aliphatic rings. The maximum absolute atomic E-state index is 14.0. The van der Waals surface area contributed by atoms with Crippen LogP contribution >= 0.6 is 7.52 Å². The van der Waals surface area contributed by atoms with Gasteiger partial charge in [0.05, 0.1) is 11.0 Å². The summed E-state index contributed by atoms with van der Waals surface area (Å²) in [6.45, 7) is 7.86. The number of benzene rings is 2. The third kappa shape index (κ3) is 5.09. The number of carbonyl (C=O) groups is 2. The summed E-state index contributed by atoms with van der Waals surface area (Å²) in [5.41, 5.74) is 0.211. The van der Waals surface area contributed by atoms with E-state index >= 15 is 0 Å². The predicted octanol–water partition coefficient (Wildman–Crippen LogP) is 3.79. The van der Waals surface area contributed by atoms with Gasteiger partial charge in [-0.05, 0) is 43.4 Å². The fourth-order valence-corrected chi connectivity index (χ4v) is 8.56. The van der Waals surface area contributed by atoms with E-state index in [1.807, 2.05) is 43.3 Å². The fraction of sp³-hybridized carbons (Fsp3) is 0.484. The van der Waals surface area contributed by atoms with Gasteiger partial charge >= 0.3 is 13.5 Å². The molecule has 1 unspecified atom stereocenters. The van der Waals surface area contributed by atoms with Gasteiger partial charge in [0.1, 0.15) is 19.0 Å². The molecule has 5 rings (SSSR count). The van der Waals surface area contributed by atoms with Gasteiger partial charge in [0, 0.05) is 31.7 Å². The second kappa shape index (κ2) is 11.9. The Labute approximate surface area is 246 Å². The molecular formula is C31H39N2O8P. The molecule has 1 heterocycles. The summed E-state index contributed by atoms with van der Waals surface area (Å²) in [7, 11) is -2.46. The Hall–Kier alpha value is -3.01. The Morgan fingerprint density at radius 2 is 2.05 bits per heavy atom. The molecule has 42 heavy (non-hydrogen) atoms. The minimum absolute atomic E-state index is 0.0734. The van der Waals surface area contributed by atoms with E-state index in [-0.39, 0.29) is 37.0 Å². The fourth-order valence-electron chi connectivity index (χ4n) is 6.88. The summed E-state index contributed by atoms with van der Waals surface area (Å²) in [5, 5.41) is 18.5. The van der Waals surface area contributed by atoms with Gasteiger partial charge in [0.25, 0.3) is 0 Å². The van der Waals surface area contributed by atoms with Crippen LogP contribution in [0.2, 0.25) is 0 Å². The van der Waals surface area contributed by atoms with Crippen LogP contribution in [0.3, 0.4) is 0 Å². The Bertz CT molecular complexity index is 1400. The number of hydrogen-bond acceptors (Lipinski definition) is 9. The van der Waals surface area contributed by atoms with Crippen molar-refractivity contribution in [1.82, 2.24) is 10.4 Å². The summed E-state index contributed by atoms with van der Waals surface area (Å²) in [6.07, 6.45) is 1.94. The van der Waals surface area contributed by atoms with Crippen LogP contribution in [0.15, 0.2) is 55.1 Å². The van der Waals surface area contributed by atoms with Crippen molar-refractivity contribution in [2.75, 3.05) is 20.0 Å². The highest BCUT2D eigenvalue weighted by Crippen LogP contribution is 2.63. The molecule has 2 aromatic rings. The molecule has 2 aromatic carbocycles. The summed E-state index contributed by atoms with van der Waals surface area (Å²) >= 11 is 0. The van der Waals surface area contributed by atoms with Crippen molar-refractivity contribution >= 4 is 19.3 Å². The molecule has 226 valence electrons. The van der Waals surface area contributed by atoms with Gasteiger partial charge in [-0.15, -0.1) is 6.58 Å². The molecule has 10 nitrogen and oxygen atoms in total. The van der Waals surface area contributed by atoms with Crippen LogP contribution in [0.25, 0.3) is 0 Å². The van der Waals surface area contributed by atoms with Crippen LogP contribution in [-0.4, -0.2) is 60.7 Å². The number of nitrogens with one attached hydrogen (secondary N) is 2. The van der Waals surface area contributed by atoms with Crippen molar-refractivity contribution in [2.45, 2.75) is 75.3 Å². The molecule has 3 N–H and O–H groups in total. The molecule has 0 spiro atoms. The molecule has 11 heteroatoms. The van der Waals surface area contributed by atoms with Crippen molar-refractivity contribution < 1.29 is 38.0 Å². The van der Waals surface area contributed by atoms with Gasteiger partial charge in [-0.2, -0.15) is 0 Å². The summed E-state index contributed by atoms with van der Waals surface area (Å²) in [6, 6.07) is 11.5. The lowest BCUT2D eigenvalue weighted by Crippen LogP contribution is -2.72. The molecular weight excluding hydrogens is 559 g/mol. The van der Waals surface area contributed by atoms with Crippen molar-refractivity contribution in [3.8, 4) is 11.5 Å². The largest absolute Gasteiger partial charge is 0.477 e. The molecule has 0 saturated heterocycles. The van der Waals surface area contributed by atoms with Crippen LogP contribution in [-0.2, 0) is 42.1 Å². The number of ketones is 1. The van der Waals surface area contributed by atoms with Crippen LogP contribution < -0.4 is 19.7 Å². The predicted molar refractivity (Wildman–Crippen MR) is 157 cm³/mol. The highest BCUT2D eigenvalue weighted by Gasteiger charge is 2.70. The zero-order valence-electron chi connectivity index (χ0n) is 24.3. The molecule has 0 amide bonds. The van der Waals surface area contributed by atoms with E-state index in [2.05, 4.69) is 17.0 Å². The first-order chi connectivity index (χ1) is 20.1. The number of methoxy groups -OCH3 is 1. The van der Waals surface area contributed by atoms with E-state index in [1.54, 1.807) is 12.1 Å². The molecule has 6 atom stereocenters. The third-order valence-corrected chi connectivity index (χ3v) is 10.6. The molecule has 0 bridgehead atoms. The Morgan fingerprint density at radius 3 is 2.74 bits per heavy atom. The number of esters is 1. The average Bonchev–Trinajstić information content (AvgIpc) is 3.36. The van der Waals surface area contributed by atoms with E-state index in [1.165, 1.54) is 14.0 Å². The maximum Gasteiger partial charge on any atom is 0.342 e. The van der Waals surface area contributed by atoms with Crippen molar-refractivity contribution in [2.24, 2.45) is 0 Å². The standard InChI is InChI=1S/C31H39N2O8P/c1-5-16-32-25-17-22-12-13-24(27-26(22)30(6-2)28(40-27)23(34)14-15-31(25,30)36)41-42(37,19-38-4)33-20(3)29(35)39-18-21-10-8-7-9-11-21/h5,7-13,20,25,28,32,36H,1,6,14-19H2,2-4H3,(H,33,37)/t20-,25+,28-,30-,31+,42?/m0/s1. The zero-order chi connectivity index (χ0) is 30.1. The number of aliphatic hydroxyl groups is 1. The van der Waals surface area contributed by atoms with Crippen molar-refractivity contribution in [1.29, 1.82) is 0 Å². The second-order valence-electron chi connectivity index (χ2n) is 11.2. The smallest absolute Gasteiger partial charge is 0.342 e. The lowest BCUT2D eigenvalue weighted by Gasteiger charge is -2.56. The second-order valence-corrected chi connectivity index (χ2v) is 13.3. The van der Waals surface area contributed by atoms with Gasteiger partial charge in [-0.1, -0.05) is 49.4 Å². The molecule has 2 aliphatic carbocycles. The maximum atomic E-state index is 14.0.